The second kappa shape index (κ2) is 4.78. The summed E-state index contributed by atoms with van der Waals surface area (Å²) in [6.07, 6.45) is 2.73. The number of nitrogens with zero attached hydrogens (tertiary/aromatic N) is 1. The molecule has 0 spiro atoms. The first kappa shape index (κ1) is 11.5. The average Bonchev–Trinajstić information content (AvgIpc) is 2.01. The minimum Gasteiger partial charge on any atom is -0.481 e. The van der Waals surface area contributed by atoms with E-state index in [0.29, 0.717) is 6.04 Å². The normalized spacial score (nSPS) is 28.6. The summed E-state index contributed by atoms with van der Waals surface area (Å²) < 4.78 is 0. The Kier molecular flexibility index (Phi) is 3.93. The molecule has 1 rings (SSSR count). The van der Waals surface area contributed by atoms with Gasteiger partial charge in [0.05, 0.1) is 6.42 Å². The Morgan fingerprint density at radius 2 is 2.14 bits per heavy atom. The molecule has 1 atom stereocenters. The zero-order valence-corrected chi connectivity index (χ0v) is 9.36. The van der Waals surface area contributed by atoms with Gasteiger partial charge in [0.15, 0.2) is 0 Å². The van der Waals surface area contributed by atoms with Crippen LogP contribution in [0.15, 0.2) is 0 Å². The highest BCUT2D eigenvalue weighted by Gasteiger charge is 2.32. The molecule has 1 aliphatic carbocycles. The first-order chi connectivity index (χ1) is 6.54. The van der Waals surface area contributed by atoms with E-state index in [1.54, 1.807) is 0 Å². The third-order valence-electron chi connectivity index (χ3n) is 3.22. The lowest BCUT2D eigenvalue weighted by Gasteiger charge is -2.44. The fourth-order valence-corrected chi connectivity index (χ4v) is 2.43. The van der Waals surface area contributed by atoms with Crippen LogP contribution in [0.2, 0.25) is 0 Å². The summed E-state index contributed by atoms with van der Waals surface area (Å²) in [5, 5.41) is 8.73. The van der Waals surface area contributed by atoms with Crippen molar-refractivity contribution >= 4 is 5.97 Å². The Morgan fingerprint density at radius 3 is 2.50 bits per heavy atom. The van der Waals surface area contributed by atoms with Gasteiger partial charge < -0.3 is 5.11 Å². The molecule has 0 aromatic rings. The molecule has 0 heterocycles. The number of hydrogen-bond acceptors (Lipinski definition) is 2. The average molecular weight is 199 g/mol. The molecule has 14 heavy (non-hydrogen) atoms. The smallest absolute Gasteiger partial charge is 0.304 e. The molecule has 0 aliphatic heterocycles. The Hall–Kier alpha value is -0.570. The van der Waals surface area contributed by atoms with Crippen molar-refractivity contribution in [2.24, 2.45) is 5.92 Å². The van der Waals surface area contributed by atoms with Gasteiger partial charge in [-0.1, -0.05) is 13.8 Å². The number of carboxylic acid groups (broad SMARTS) is 1. The van der Waals surface area contributed by atoms with E-state index in [4.69, 9.17) is 5.11 Å². The molecular weight excluding hydrogens is 178 g/mol. The van der Waals surface area contributed by atoms with Crippen molar-refractivity contribution in [3.8, 4) is 0 Å². The van der Waals surface area contributed by atoms with Gasteiger partial charge in [0, 0.05) is 12.1 Å². The summed E-state index contributed by atoms with van der Waals surface area (Å²) >= 11 is 0. The fourth-order valence-electron chi connectivity index (χ4n) is 2.43. The molecule has 0 saturated heterocycles. The highest BCUT2D eigenvalue weighted by molar-refractivity contribution is 5.67. The molecule has 0 aromatic heterocycles. The number of carboxylic acids is 1. The summed E-state index contributed by atoms with van der Waals surface area (Å²) in [4.78, 5) is 12.9. The van der Waals surface area contributed by atoms with Crippen molar-refractivity contribution < 1.29 is 9.90 Å². The molecular formula is C11H21NO2. The summed E-state index contributed by atoms with van der Waals surface area (Å²) in [6, 6.07) is 0.805. The Labute approximate surface area is 86.1 Å². The van der Waals surface area contributed by atoms with Crippen LogP contribution in [-0.4, -0.2) is 34.6 Å². The molecule has 1 N–H and O–H groups in total. The van der Waals surface area contributed by atoms with Gasteiger partial charge in [-0.15, -0.1) is 0 Å². The second-order valence-corrected chi connectivity index (χ2v) is 4.51. The minimum absolute atomic E-state index is 0.176. The van der Waals surface area contributed by atoms with Crippen molar-refractivity contribution in [3.63, 3.8) is 0 Å². The van der Waals surface area contributed by atoms with Crippen molar-refractivity contribution in [1.29, 1.82) is 0 Å². The lowest BCUT2D eigenvalue weighted by Crippen LogP contribution is -2.48. The maximum Gasteiger partial charge on any atom is 0.304 e. The fraction of sp³-hybridized carbons (Fsp3) is 0.909. The van der Waals surface area contributed by atoms with E-state index >= 15 is 0 Å². The highest BCUT2D eigenvalue weighted by Crippen LogP contribution is 2.32. The van der Waals surface area contributed by atoms with Gasteiger partial charge in [0.25, 0.3) is 0 Å². The predicted octanol–water partition coefficient (Wildman–Crippen LogP) is 1.97. The maximum atomic E-state index is 10.6. The third kappa shape index (κ3) is 2.71. The van der Waals surface area contributed by atoms with Gasteiger partial charge in [-0.2, -0.15) is 0 Å². The van der Waals surface area contributed by atoms with Gasteiger partial charge in [0.2, 0.25) is 0 Å². The number of rotatable bonds is 5. The molecule has 1 saturated carbocycles. The zero-order valence-electron chi connectivity index (χ0n) is 9.36. The summed E-state index contributed by atoms with van der Waals surface area (Å²) in [5.41, 5.74) is 0. The number of hydrogen-bond donors (Lipinski definition) is 1. The van der Waals surface area contributed by atoms with Gasteiger partial charge in [0.1, 0.15) is 0 Å². The van der Waals surface area contributed by atoms with Crippen molar-refractivity contribution in [2.45, 2.75) is 52.1 Å². The quantitative estimate of drug-likeness (QED) is 0.736. The van der Waals surface area contributed by atoms with E-state index in [-0.39, 0.29) is 12.5 Å². The zero-order chi connectivity index (χ0) is 10.7. The summed E-state index contributed by atoms with van der Waals surface area (Å²) in [6.45, 7) is 7.35. The Balaban J connectivity index is 2.40. The van der Waals surface area contributed by atoms with Crippen LogP contribution >= 0.6 is 0 Å². The van der Waals surface area contributed by atoms with E-state index in [1.165, 1.54) is 12.8 Å². The molecule has 0 aromatic carbocycles. The topological polar surface area (TPSA) is 40.5 Å². The molecule has 0 bridgehead atoms. The van der Waals surface area contributed by atoms with E-state index in [2.05, 4.69) is 18.7 Å². The van der Waals surface area contributed by atoms with Crippen LogP contribution in [0.1, 0.15) is 40.0 Å². The first-order valence-corrected chi connectivity index (χ1v) is 5.52. The largest absolute Gasteiger partial charge is 0.481 e. The molecule has 3 nitrogen and oxygen atoms in total. The molecule has 1 unspecified atom stereocenters. The molecule has 82 valence electrons. The summed E-state index contributed by atoms with van der Waals surface area (Å²) in [5.74, 6) is 0.134. The summed E-state index contributed by atoms with van der Waals surface area (Å²) in [7, 11) is 0. The van der Waals surface area contributed by atoms with Crippen LogP contribution in [0, 0.1) is 5.92 Å². The van der Waals surface area contributed by atoms with Crippen LogP contribution < -0.4 is 0 Å². The second-order valence-electron chi connectivity index (χ2n) is 4.51. The minimum atomic E-state index is -0.691. The van der Waals surface area contributed by atoms with Gasteiger partial charge >= 0.3 is 5.97 Å². The standard InChI is InChI=1S/C11H21NO2/c1-4-12(9(3)7-11(13)14)10-5-8(2)6-10/h8-10H,4-7H2,1-3H3,(H,13,14). The SMILES string of the molecule is CCN(C(C)CC(=O)O)C1CC(C)C1. The van der Waals surface area contributed by atoms with Crippen molar-refractivity contribution in [1.82, 2.24) is 4.90 Å². The van der Waals surface area contributed by atoms with Crippen LogP contribution in [0.25, 0.3) is 0 Å². The van der Waals surface area contributed by atoms with E-state index in [0.717, 1.165) is 12.5 Å². The predicted molar refractivity (Wildman–Crippen MR) is 56.3 cm³/mol. The van der Waals surface area contributed by atoms with E-state index in [9.17, 15) is 4.79 Å². The number of aliphatic carboxylic acids is 1. The molecule has 0 radical (unpaired) electrons. The molecule has 1 fully saturated rings. The lowest BCUT2D eigenvalue weighted by atomic mass is 9.80. The van der Waals surface area contributed by atoms with Crippen molar-refractivity contribution in [3.05, 3.63) is 0 Å². The monoisotopic (exact) mass is 199 g/mol. The molecule has 3 heteroatoms. The van der Waals surface area contributed by atoms with Crippen LogP contribution in [-0.2, 0) is 4.79 Å². The van der Waals surface area contributed by atoms with E-state index < -0.39 is 5.97 Å². The van der Waals surface area contributed by atoms with E-state index in [1.807, 2.05) is 6.92 Å². The Bertz CT molecular complexity index is 199. The highest BCUT2D eigenvalue weighted by atomic mass is 16.4. The molecule has 1 aliphatic rings. The van der Waals surface area contributed by atoms with Crippen LogP contribution in [0.4, 0.5) is 0 Å². The maximum absolute atomic E-state index is 10.6. The van der Waals surface area contributed by atoms with Crippen molar-refractivity contribution in [2.75, 3.05) is 6.54 Å². The van der Waals surface area contributed by atoms with Crippen LogP contribution in [0.3, 0.4) is 0 Å². The third-order valence-corrected chi connectivity index (χ3v) is 3.22. The first-order valence-electron chi connectivity index (χ1n) is 5.52. The lowest BCUT2D eigenvalue weighted by molar-refractivity contribution is -0.138. The van der Waals surface area contributed by atoms with Gasteiger partial charge in [-0.05, 0) is 32.2 Å². The van der Waals surface area contributed by atoms with Gasteiger partial charge in [-0.25, -0.2) is 0 Å². The van der Waals surface area contributed by atoms with Crippen LogP contribution in [0.5, 0.6) is 0 Å². The Morgan fingerprint density at radius 1 is 1.57 bits per heavy atom. The number of carbonyl (C=O) groups is 1. The van der Waals surface area contributed by atoms with Gasteiger partial charge in [-0.3, -0.25) is 9.69 Å². The molecule has 0 amide bonds.